The highest BCUT2D eigenvalue weighted by molar-refractivity contribution is 5.60. The maximum absolute atomic E-state index is 5.67. The van der Waals surface area contributed by atoms with Crippen LogP contribution in [0, 0.1) is 0 Å². The molecule has 3 N–H and O–H groups in total. The van der Waals surface area contributed by atoms with Crippen molar-refractivity contribution in [1.82, 2.24) is 4.98 Å². The molecule has 0 aliphatic heterocycles. The van der Waals surface area contributed by atoms with Gasteiger partial charge >= 0.3 is 0 Å². The lowest BCUT2D eigenvalue weighted by Crippen LogP contribution is -2.25. The third-order valence-corrected chi connectivity index (χ3v) is 2.47. The van der Waals surface area contributed by atoms with Crippen LogP contribution in [0.5, 0.6) is 5.75 Å². The predicted molar refractivity (Wildman–Crippen MR) is 69.4 cm³/mol. The van der Waals surface area contributed by atoms with E-state index in [-0.39, 0.29) is 6.04 Å². The summed E-state index contributed by atoms with van der Waals surface area (Å²) in [6, 6.07) is 2.03. The van der Waals surface area contributed by atoms with Gasteiger partial charge in [0.05, 0.1) is 25.6 Å². The average molecular weight is 239 g/mol. The van der Waals surface area contributed by atoms with Crippen LogP contribution in [0.15, 0.2) is 12.3 Å². The highest BCUT2D eigenvalue weighted by atomic mass is 16.5. The van der Waals surface area contributed by atoms with E-state index in [4.69, 9.17) is 15.2 Å². The van der Waals surface area contributed by atoms with E-state index in [0.29, 0.717) is 18.2 Å². The van der Waals surface area contributed by atoms with Gasteiger partial charge in [-0.3, -0.25) is 0 Å². The van der Waals surface area contributed by atoms with Crippen molar-refractivity contribution in [2.24, 2.45) is 0 Å². The molecule has 17 heavy (non-hydrogen) atoms. The topological polar surface area (TPSA) is 69.4 Å². The van der Waals surface area contributed by atoms with Crippen LogP contribution in [0.1, 0.15) is 19.8 Å². The van der Waals surface area contributed by atoms with Gasteiger partial charge in [-0.05, 0) is 6.42 Å². The first-order valence-electron chi connectivity index (χ1n) is 5.76. The number of anilines is 2. The second kappa shape index (κ2) is 6.96. The molecule has 0 aromatic carbocycles. The van der Waals surface area contributed by atoms with Crippen LogP contribution in [-0.4, -0.2) is 31.9 Å². The summed E-state index contributed by atoms with van der Waals surface area (Å²) in [6.07, 6.45) is 3.73. The molecular weight excluding hydrogens is 218 g/mol. The van der Waals surface area contributed by atoms with Gasteiger partial charge in [-0.2, -0.15) is 0 Å². The molecule has 0 bridgehead atoms. The summed E-state index contributed by atoms with van der Waals surface area (Å²) >= 11 is 0. The monoisotopic (exact) mass is 239 g/mol. The molecule has 5 nitrogen and oxygen atoms in total. The van der Waals surface area contributed by atoms with Crippen molar-refractivity contribution in [3.05, 3.63) is 12.3 Å². The lowest BCUT2D eigenvalue weighted by atomic mass is 10.1. The summed E-state index contributed by atoms with van der Waals surface area (Å²) < 4.78 is 10.4. The van der Waals surface area contributed by atoms with E-state index >= 15 is 0 Å². The summed E-state index contributed by atoms with van der Waals surface area (Å²) in [5, 5.41) is 3.37. The van der Waals surface area contributed by atoms with Gasteiger partial charge < -0.3 is 20.5 Å². The quantitative estimate of drug-likeness (QED) is 0.760. The summed E-state index contributed by atoms with van der Waals surface area (Å²) in [5.74, 6) is 1.16. The van der Waals surface area contributed by atoms with Crippen LogP contribution in [0.25, 0.3) is 0 Å². The molecule has 1 heterocycles. The zero-order chi connectivity index (χ0) is 12.7. The van der Waals surface area contributed by atoms with Gasteiger partial charge in [-0.1, -0.05) is 13.3 Å². The van der Waals surface area contributed by atoms with Gasteiger partial charge in [-0.15, -0.1) is 0 Å². The normalized spacial score (nSPS) is 12.2. The highest BCUT2D eigenvalue weighted by Gasteiger charge is 2.11. The van der Waals surface area contributed by atoms with Crippen LogP contribution in [0.4, 0.5) is 11.5 Å². The van der Waals surface area contributed by atoms with E-state index in [9.17, 15) is 0 Å². The van der Waals surface area contributed by atoms with Gasteiger partial charge in [0.2, 0.25) is 0 Å². The number of nitrogens with one attached hydrogen (secondary N) is 1. The Balaban J connectivity index is 2.79. The summed E-state index contributed by atoms with van der Waals surface area (Å²) in [4.78, 5) is 3.99. The number of methoxy groups -OCH3 is 2. The Morgan fingerprint density at radius 1 is 1.47 bits per heavy atom. The number of hydrogen-bond donors (Lipinski definition) is 2. The largest absolute Gasteiger partial charge is 0.493 e. The molecule has 5 heteroatoms. The first-order chi connectivity index (χ1) is 8.21. The minimum absolute atomic E-state index is 0.251. The molecular formula is C12H21N3O2. The third kappa shape index (κ3) is 4.11. The number of nitrogen functional groups attached to an aromatic ring is 1. The molecule has 0 spiro atoms. The zero-order valence-electron chi connectivity index (χ0n) is 10.7. The number of pyridine rings is 1. The van der Waals surface area contributed by atoms with Crippen LogP contribution in [0.2, 0.25) is 0 Å². The van der Waals surface area contributed by atoms with E-state index < -0.39 is 0 Å². The molecule has 0 fully saturated rings. The number of aromatic nitrogens is 1. The Bertz CT molecular complexity index is 339. The number of hydrogen-bond acceptors (Lipinski definition) is 5. The smallest absolute Gasteiger partial charge is 0.160 e. The highest BCUT2D eigenvalue weighted by Crippen LogP contribution is 2.25. The molecule has 0 radical (unpaired) electrons. The van der Waals surface area contributed by atoms with Gasteiger partial charge in [-0.25, -0.2) is 4.98 Å². The van der Waals surface area contributed by atoms with Crippen molar-refractivity contribution in [1.29, 1.82) is 0 Å². The summed E-state index contributed by atoms with van der Waals surface area (Å²) in [6.45, 7) is 2.79. The fourth-order valence-electron chi connectivity index (χ4n) is 1.70. The Labute approximate surface area is 102 Å². The summed E-state index contributed by atoms with van der Waals surface area (Å²) in [5.41, 5.74) is 6.52. The minimum atomic E-state index is 0.251. The lowest BCUT2D eigenvalue weighted by molar-refractivity contribution is 0.182. The van der Waals surface area contributed by atoms with Crippen LogP contribution >= 0.6 is 0 Å². The summed E-state index contributed by atoms with van der Waals surface area (Å²) in [7, 11) is 3.31. The standard InChI is InChI=1S/C12H21N3O2/c1-4-5-9(8-16-2)15-10-6-12(13)14-7-11(10)17-3/h6-7,9H,4-5,8H2,1-3H3,(H3,13,14,15). The number of nitrogens with zero attached hydrogens (tertiary/aromatic N) is 1. The van der Waals surface area contributed by atoms with E-state index in [0.717, 1.165) is 18.5 Å². The second-order valence-electron chi connectivity index (χ2n) is 3.89. The van der Waals surface area contributed by atoms with Crippen LogP contribution in [0.3, 0.4) is 0 Å². The van der Waals surface area contributed by atoms with E-state index in [1.165, 1.54) is 0 Å². The predicted octanol–water partition coefficient (Wildman–Crippen LogP) is 1.90. The van der Waals surface area contributed by atoms with E-state index in [1.807, 2.05) is 0 Å². The number of rotatable bonds is 7. The SMILES string of the molecule is CCCC(COC)Nc1cc(N)ncc1OC. The molecule has 0 aliphatic rings. The lowest BCUT2D eigenvalue weighted by Gasteiger charge is -2.20. The maximum Gasteiger partial charge on any atom is 0.160 e. The molecule has 1 aromatic rings. The first kappa shape index (κ1) is 13.6. The van der Waals surface area contributed by atoms with Crippen molar-refractivity contribution < 1.29 is 9.47 Å². The molecule has 96 valence electrons. The van der Waals surface area contributed by atoms with Crippen LogP contribution in [-0.2, 0) is 4.74 Å². The maximum atomic E-state index is 5.67. The number of ether oxygens (including phenoxy) is 2. The molecule has 1 aromatic heterocycles. The Hall–Kier alpha value is -1.49. The molecule has 1 atom stereocenters. The molecule has 0 aliphatic carbocycles. The second-order valence-corrected chi connectivity index (χ2v) is 3.89. The van der Waals surface area contributed by atoms with Gasteiger partial charge in [0, 0.05) is 19.2 Å². The molecule has 1 unspecified atom stereocenters. The zero-order valence-corrected chi connectivity index (χ0v) is 10.7. The van der Waals surface area contributed by atoms with E-state index in [2.05, 4.69) is 17.2 Å². The Kier molecular flexibility index (Phi) is 5.56. The molecule has 0 saturated carbocycles. The van der Waals surface area contributed by atoms with Gasteiger partial charge in [0.25, 0.3) is 0 Å². The van der Waals surface area contributed by atoms with Gasteiger partial charge in [0.1, 0.15) is 5.82 Å². The van der Waals surface area contributed by atoms with Crippen molar-refractivity contribution in [2.75, 3.05) is 31.9 Å². The van der Waals surface area contributed by atoms with Crippen molar-refractivity contribution in [2.45, 2.75) is 25.8 Å². The van der Waals surface area contributed by atoms with Crippen molar-refractivity contribution >= 4 is 11.5 Å². The fraction of sp³-hybridized carbons (Fsp3) is 0.583. The van der Waals surface area contributed by atoms with E-state index in [1.54, 1.807) is 26.5 Å². The Morgan fingerprint density at radius 3 is 2.82 bits per heavy atom. The minimum Gasteiger partial charge on any atom is -0.493 e. The van der Waals surface area contributed by atoms with Crippen LogP contribution < -0.4 is 15.8 Å². The average Bonchev–Trinajstić information content (AvgIpc) is 2.30. The molecule has 0 saturated heterocycles. The van der Waals surface area contributed by atoms with Gasteiger partial charge in [0.15, 0.2) is 5.75 Å². The fourth-order valence-corrected chi connectivity index (χ4v) is 1.70. The molecule has 0 amide bonds. The Morgan fingerprint density at radius 2 is 2.24 bits per heavy atom. The van der Waals surface area contributed by atoms with Crippen molar-refractivity contribution in [3.8, 4) is 5.75 Å². The third-order valence-electron chi connectivity index (χ3n) is 2.47. The van der Waals surface area contributed by atoms with Crippen molar-refractivity contribution in [3.63, 3.8) is 0 Å². The first-order valence-corrected chi connectivity index (χ1v) is 5.76. The molecule has 1 rings (SSSR count). The number of nitrogens with two attached hydrogens (primary N) is 1.